The SMILES string of the molecule is COc1ccc2c(c1)NC(c1ccncc1)=NC(c1ccc(F)cc1)=N2. The van der Waals surface area contributed by atoms with Gasteiger partial charge in [0.05, 0.1) is 18.5 Å². The number of hydrogen-bond acceptors (Lipinski definition) is 5. The van der Waals surface area contributed by atoms with Gasteiger partial charge in [-0.25, -0.2) is 14.4 Å². The molecular weight excluding hydrogens is 331 g/mol. The second kappa shape index (κ2) is 6.76. The van der Waals surface area contributed by atoms with Crippen LogP contribution in [0.2, 0.25) is 0 Å². The van der Waals surface area contributed by atoms with Gasteiger partial charge in [0.25, 0.3) is 0 Å². The van der Waals surface area contributed by atoms with Crippen LogP contribution in [0.1, 0.15) is 11.1 Å². The minimum absolute atomic E-state index is 0.301. The predicted molar refractivity (Wildman–Crippen MR) is 100.0 cm³/mol. The van der Waals surface area contributed by atoms with Crippen molar-refractivity contribution in [3.63, 3.8) is 0 Å². The number of halogens is 1. The number of fused-ring (bicyclic) bond motifs is 1. The molecule has 3 aromatic rings. The summed E-state index contributed by atoms with van der Waals surface area (Å²) in [6.45, 7) is 0. The molecule has 1 aliphatic heterocycles. The van der Waals surface area contributed by atoms with E-state index in [2.05, 4.69) is 20.3 Å². The van der Waals surface area contributed by atoms with Gasteiger partial charge < -0.3 is 10.1 Å². The van der Waals surface area contributed by atoms with E-state index in [1.165, 1.54) is 12.1 Å². The van der Waals surface area contributed by atoms with Crippen molar-refractivity contribution in [3.05, 3.63) is 83.9 Å². The molecule has 2 heterocycles. The Balaban J connectivity index is 1.88. The first-order valence-electron chi connectivity index (χ1n) is 8.02. The molecule has 0 spiro atoms. The minimum atomic E-state index is -0.301. The lowest BCUT2D eigenvalue weighted by Gasteiger charge is -2.10. The van der Waals surface area contributed by atoms with Gasteiger partial charge >= 0.3 is 0 Å². The maximum atomic E-state index is 13.3. The Morgan fingerprint density at radius 1 is 0.885 bits per heavy atom. The maximum absolute atomic E-state index is 13.3. The van der Waals surface area contributed by atoms with Crippen molar-refractivity contribution >= 4 is 23.0 Å². The van der Waals surface area contributed by atoms with Crippen molar-refractivity contribution in [3.8, 4) is 5.75 Å². The van der Waals surface area contributed by atoms with Gasteiger partial charge in [0.2, 0.25) is 0 Å². The van der Waals surface area contributed by atoms with Crippen molar-refractivity contribution in [1.82, 2.24) is 4.98 Å². The number of aromatic nitrogens is 1. The van der Waals surface area contributed by atoms with Crippen molar-refractivity contribution in [2.45, 2.75) is 0 Å². The zero-order valence-corrected chi connectivity index (χ0v) is 14.0. The van der Waals surface area contributed by atoms with E-state index in [9.17, 15) is 4.39 Å². The van der Waals surface area contributed by atoms with Crippen LogP contribution < -0.4 is 10.1 Å². The molecule has 5 nitrogen and oxygen atoms in total. The Hall–Kier alpha value is -3.54. The Bertz CT molecular complexity index is 998. The zero-order valence-electron chi connectivity index (χ0n) is 14.0. The molecule has 128 valence electrons. The number of anilines is 1. The molecule has 0 saturated heterocycles. The van der Waals surface area contributed by atoms with Gasteiger partial charge in [-0.15, -0.1) is 0 Å². The number of hydrogen-bond donors (Lipinski definition) is 1. The summed E-state index contributed by atoms with van der Waals surface area (Å²) in [5, 5.41) is 3.32. The highest BCUT2D eigenvalue weighted by molar-refractivity contribution is 6.19. The highest BCUT2D eigenvalue weighted by atomic mass is 19.1. The second-order valence-corrected chi connectivity index (χ2v) is 5.65. The summed E-state index contributed by atoms with van der Waals surface area (Å²) < 4.78 is 18.6. The van der Waals surface area contributed by atoms with Gasteiger partial charge in [-0.2, -0.15) is 0 Å². The molecule has 1 aromatic heterocycles. The van der Waals surface area contributed by atoms with Crippen molar-refractivity contribution in [1.29, 1.82) is 0 Å². The third kappa shape index (κ3) is 3.17. The lowest BCUT2D eigenvalue weighted by atomic mass is 10.2. The Kier molecular flexibility index (Phi) is 4.15. The van der Waals surface area contributed by atoms with Gasteiger partial charge in [-0.1, -0.05) is 0 Å². The van der Waals surface area contributed by atoms with Gasteiger partial charge in [0.15, 0.2) is 5.84 Å². The van der Waals surface area contributed by atoms with Crippen LogP contribution in [0.4, 0.5) is 15.8 Å². The molecule has 0 radical (unpaired) electrons. The van der Waals surface area contributed by atoms with Gasteiger partial charge in [-0.3, -0.25) is 4.98 Å². The summed E-state index contributed by atoms with van der Waals surface area (Å²) in [5.41, 5.74) is 3.09. The van der Waals surface area contributed by atoms with Crippen LogP contribution in [-0.4, -0.2) is 23.8 Å². The lowest BCUT2D eigenvalue weighted by molar-refractivity contribution is 0.415. The zero-order chi connectivity index (χ0) is 17.9. The number of ether oxygens (including phenoxy) is 1. The monoisotopic (exact) mass is 346 g/mol. The standard InChI is InChI=1S/C20H15FN4O/c1-26-16-6-7-17-18(12-16)24-20(14-8-10-22-11-9-14)25-19(23-17)13-2-4-15(21)5-3-13/h2-12H,1H3,(H,23,24,25). The van der Waals surface area contributed by atoms with Crippen molar-refractivity contribution in [2.75, 3.05) is 12.4 Å². The smallest absolute Gasteiger partial charge is 0.162 e. The third-order valence-electron chi connectivity index (χ3n) is 3.96. The maximum Gasteiger partial charge on any atom is 0.162 e. The summed E-state index contributed by atoms with van der Waals surface area (Å²) in [6.07, 6.45) is 3.40. The Morgan fingerprint density at radius 2 is 1.65 bits per heavy atom. The fraction of sp³-hybridized carbons (Fsp3) is 0.0500. The van der Waals surface area contributed by atoms with E-state index >= 15 is 0 Å². The fourth-order valence-electron chi connectivity index (χ4n) is 2.61. The lowest BCUT2D eigenvalue weighted by Crippen LogP contribution is -2.15. The van der Waals surface area contributed by atoms with E-state index in [1.807, 2.05) is 30.3 Å². The number of amidine groups is 2. The first-order valence-corrected chi connectivity index (χ1v) is 8.02. The number of pyridine rings is 1. The number of benzene rings is 2. The van der Waals surface area contributed by atoms with Crippen LogP contribution >= 0.6 is 0 Å². The summed E-state index contributed by atoms with van der Waals surface area (Å²) >= 11 is 0. The van der Waals surface area contributed by atoms with Crippen LogP contribution in [0, 0.1) is 5.82 Å². The van der Waals surface area contributed by atoms with E-state index in [1.54, 1.807) is 31.6 Å². The summed E-state index contributed by atoms with van der Waals surface area (Å²) in [7, 11) is 1.61. The van der Waals surface area contributed by atoms with Gasteiger partial charge in [-0.05, 0) is 48.5 Å². The fourth-order valence-corrected chi connectivity index (χ4v) is 2.61. The van der Waals surface area contributed by atoms with E-state index in [4.69, 9.17) is 4.74 Å². The Morgan fingerprint density at radius 3 is 2.38 bits per heavy atom. The van der Waals surface area contributed by atoms with Crippen LogP contribution in [0.5, 0.6) is 5.75 Å². The molecule has 0 fully saturated rings. The molecule has 0 aliphatic carbocycles. The van der Waals surface area contributed by atoms with Crippen LogP contribution in [0.25, 0.3) is 0 Å². The van der Waals surface area contributed by atoms with Gasteiger partial charge in [0, 0.05) is 29.6 Å². The van der Waals surface area contributed by atoms with E-state index < -0.39 is 0 Å². The molecular formula is C20H15FN4O. The summed E-state index contributed by atoms with van der Waals surface area (Å²) in [4.78, 5) is 13.4. The average Bonchev–Trinajstić information content (AvgIpc) is 2.88. The molecule has 1 aliphatic rings. The highest BCUT2D eigenvalue weighted by Crippen LogP contribution is 2.32. The Labute approximate surface area is 149 Å². The van der Waals surface area contributed by atoms with E-state index in [0.717, 1.165) is 22.5 Å². The number of nitrogens with one attached hydrogen (secondary N) is 1. The number of nitrogens with zero attached hydrogens (tertiary/aromatic N) is 3. The number of rotatable bonds is 3. The first-order chi connectivity index (χ1) is 12.7. The van der Waals surface area contributed by atoms with Crippen LogP contribution in [0.15, 0.2) is 77.0 Å². The summed E-state index contributed by atoms with van der Waals surface area (Å²) in [5.74, 6) is 1.53. The van der Waals surface area contributed by atoms with Gasteiger partial charge in [0.1, 0.15) is 17.4 Å². The molecule has 0 bridgehead atoms. The first kappa shape index (κ1) is 16.0. The summed E-state index contributed by atoms with van der Waals surface area (Å²) in [6, 6.07) is 15.4. The molecule has 2 aromatic carbocycles. The average molecular weight is 346 g/mol. The number of aliphatic imine (C=N–C) groups is 2. The molecule has 0 amide bonds. The normalized spacial score (nSPS) is 13.0. The van der Waals surface area contributed by atoms with Crippen molar-refractivity contribution < 1.29 is 9.13 Å². The predicted octanol–water partition coefficient (Wildman–Crippen LogP) is 4.18. The third-order valence-corrected chi connectivity index (χ3v) is 3.96. The van der Waals surface area contributed by atoms with Crippen LogP contribution in [0.3, 0.4) is 0 Å². The van der Waals surface area contributed by atoms with Crippen LogP contribution in [-0.2, 0) is 0 Å². The molecule has 26 heavy (non-hydrogen) atoms. The van der Waals surface area contributed by atoms with Crippen molar-refractivity contribution in [2.24, 2.45) is 9.98 Å². The minimum Gasteiger partial charge on any atom is -0.497 e. The molecule has 1 N–H and O–H groups in total. The van der Waals surface area contributed by atoms with E-state index in [-0.39, 0.29) is 5.82 Å². The highest BCUT2D eigenvalue weighted by Gasteiger charge is 2.16. The molecule has 0 atom stereocenters. The quantitative estimate of drug-likeness (QED) is 0.774. The molecule has 0 saturated carbocycles. The topological polar surface area (TPSA) is 58.9 Å². The second-order valence-electron chi connectivity index (χ2n) is 5.65. The largest absolute Gasteiger partial charge is 0.497 e. The molecule has 0 unspecified atom stereocenters. The van der Waals surface area contributed by atoms with E-state index in [0.29, 0.717) is 17.4 Å². The number of methoxy groups -OCH3 is 1. The molecule has 6 heteroatoms. The molecule has 4 rings (SSSR count).